The van der Waals surface area contributed by atoms with E-state index in [0.29, 0.717) is 30.6 Å². The number of rotatable bonds is 7. The van der Waals surface area contributed by atoms with Crippen molar-refractivity contribution in [2.75, 3.05) is 13.7 Å². The smallest absolute Gasteiger partial charge is 0.308 e. The quantitative estimate of drug-likeness (QED) is 0.381. The minimum absolute atomic E-state index is 0.0160. The molecule has 0 bridgehead atoms. The number of para-hydroxylation sites is 1. The Hall–Kier alpha value is -3.87. The van der Waals surface area contributed by atoms with Gasteiger partial charge in [0.1, 0.15) is 12.0 Å². The SMILES string of the molecule is COC(=O)C1CCC(CNC(=O)c2cc3ccccc3n2Cc2coc(-c3ccccc3)n2)CC1. The van der Waals surface area contributed by atoms with E-state index in [4.69, 9.17) is 9.15 Å². The topological polar surface area (TPSA) is 86.4 Å². The van der Waals surface area contributed by atoms with Crippen molar-refractivity contribution in [1.82, 2.24) is 14.9 Å². The van der Waals surface area contributed by atoms with Gasteiger partial charge in [-0.05, 0) is 55.9 Å². The zero-order valence-electron chi connectivity index (χ0n) is 19.8. The van der Waals surface area contributed by atoms with Crippen LogP contribution < -0.4 is 5.32 Å². The first-order valence-electron chi connectivity index (χ1n) is 12.1. The van der Waals surface area contributed by atoms with Crippen LogP contribution in [0.1, 0.15) is 41.9 Å². The Labute approximate surface area is 204 Å². The van der Waals surface area contributed by atoms with Gasteiger partial charge < -0.3 is 19.0 Å². The van der Waals surface area contributed by atoms with Crippen LogP contribution in [0, 0.1) is 11.8 Å². The summed E-state index contributed by atoms with van der Waals surface area (Å²) in [6, 6.07) is 19.7. The lowest BCUT2D eigenvalue weighted by molar-refractivity contribution is -0.146. The summed E-state index contributed by atoms with van der Waals surface area (Å²) in [5.41, 5.74) is 3.23. The fourth-order valence-electron chi connectivity index (χ4n) is 4.92. The molecule has 7 nitrogen and oxygen atoms in total. The second kappa shape index (κ2) is 10.2. The Balaban J connectivity index is 1.30. The largest absolute Gasteiger partial charge is 0.469 e. The van der Waals surface area contributed by atoms with Crippen molar-refractivity contribution in [2.45, 2.75) is 32.2 Å². The fourth-order valence-corrected chi connectivity index (χ4v) is 4.92. The summed E-state index contributed by atoms with van der Waals surface area (Å²) >= 11 is 0. The molecule has 1 amide bonds. The standard InChI is InChI=1S/C28H29N3O4/c1-34-28(33)21-13-11-19(12-14-21)16-29-26(32)25-15-22-9-5-6-10-24(22)31(25)17-23-18-35-27(30-23)20-7-3-2-4-8-20/h2-10,15,18-19,21H,11-14,16-17H2,1H3,(H,29,32). The van der Waals surface area contributed by atoms with Crippen LogP contribution in [-0.2, 0) is 16.1 Å². The zero-order valence-corrected chi connectivity index (χ0v) is 19.8. The van der Waals surface area contributed by atoms with E-state index in [-0.39, 0.29) is 17.8 Å². The van der Waals surface area contributed by atoms with Crippen LogP contribution in [0.25, 0.3) is 22.4 Å². The summed E-state index contributed by atoms with van der Waals surface area (Å²) in [4.78, 5) is 29.7. The molecule has 180 valence electrons. The Morgan fingerprint density at radius 2 is 1.80 bits per heavy atom. The second-order valence-electron chi connectivity index (χ2n) is 9.14. The van der Waals surface area contributed by atoms with E-state index < -0.39 is 0 Å². The molecule has 4 aromatic rings. The number of aromatic nitrogens is 2. The highest BCUT2D eigenvalue weighted by atomic mass is 16.5. The first kappa shape index (κ1) is 22.9. The van der Waals surface area contributed by atoms with Crippen LogP contribution in [0.2, 0.25) is 0 Å². The van der Waals surface area contributed by atoms with Crippen LogP contribution in [0.5, 0.6) is 0 Å². The number of nitrogens with one attached hydrogen (secondary N) is 1. The van der Waals surface area contributed by atoms with E-state index >= 15 is 0 Å². The number of oxazole rings is 1. The van der Waals surface area contributed by atoms with Crippen LogP contribution in [-0.4, -0.2) is 35.1 Å². The Morgan fingerprint density at radius 3 is 2.57 bits per heavy atom. The van der Waals surface area contributed by atoms with Gasteiger partial charge in [0.25, 0.3) is 5.91 Å². The van der Waals surface area contributed by atoms with Crippen molar-refractivity contribution in [3.63, 3.8) is 0 Å². The van der Waals surface area contributed by atoms with Crippen molar-refractivity contribution in [2.24, 2.45) is 11.8 Å². The normalized spacial score (nSPS) is 17.9. The maximum atomic E-state index is 13.3. The molecular weight excluding hydrogens is 442 g/mol. The van der Waals surface area contributed by atoms with Gasteiger partial charge in [-0.15, -0.1) is 0 Å². The molecule has 0 radical (unpaired) electrons. The first-order chi connectivity index (χ1) is 17.1. The molecule has 1 N–H and O–H groups in total. The van der Waals surface area contributed by atoms with Gasteiger partial charge in [-0.3, -0.25) is 9.59 Å². The molecule has 0 atom stereocenters. The number of hydrogen-bond donors (Lipinski definition) is 1. The highest BCUT2D eigenvalue weighted by Crippen LogP contribution is 2.29. The van der Waals surface area contributed by atoms with Crippen molar-refractivity contribution in [1.29, 1.82) is 0 Å². The van der Waals surface area contributed by atoms with Gasteiger partial charge >= 0.3 is 5.97 Å². The van der Waals surface area contributed by atoms with Crippen molar-refractivity contribution < 1.29 is 18.7 Å². The lowest BCUT2D eigenvalue weighted by atomic mass is 9.82. The fraction of sp³-hybridized carbons (Fsp3) is 0.321. The molecule has 2 aromatic heterocycles. The van der Waals surface area contributed by atoms with Crippen molar-refractivity contribution in [3.8, 4) is 11.5 Å². The molecule has 2 heterocycles. The maximum Gasteiger partial charge on any atom is 0.308 e. The molecule has 0 spiro atoms. The zero-order chi connectivity index (χ0) is 24.2. The monoisotopic (exact) mass is 471 g/mol. The van der Waals surface area contributed by atoms with Crippen LogP contribution in [0.4, 0.5) is 0 Å². The lowest BCUT2D eigenvalue weighted by Gasteiger charge is -2.27. The molecule has 1 fully saturated rings. The summed E-state index contributed by atoms with van der Waals surface area (Å²) in [7, 11) is 1.44. The Bertz CT molecular complexity index is 1320. The number of carbonyl (C=O) groups excluding carboxylic acids is 2. The summed E-state index contributed by atoms with van der Waals surface area (Å²) in [6.45, 7) is 1.02. The highest BCUT2D eigenvalue weighted by molar-refractivity contribution is 5.98. The van der Waals surface area contributed by atoms with E-state index in [1.165, 1.54) is 7.11 Å². The lowest BCUT2D eigenvalue weighted by Crippen LogP contribution is -2.33. The van der Waals surface area contributed by atoms with Crippen LogP contribution in [0.3, 0.4) is 0 Å². The number of ether oxygens (including phenoxy) is 1. The molecule has 1 saturated carbocycles. The predicted molar refractivity (Wildman–Crippen MR) is 133 cm³/mol. The summed E-state index contributed by atoms with van der Waals surface area (Å²) in [5, 5.41) is 4.13. The van der Waals surface area contributed by atoms with E-state index in [1.807, 2.05) is 65.2 Å². The van der Waals surface area contributed by atoms with Crippen molar-refractivity contribution >= 4 is 22.8 Å². The van der Waals surface area contributed by atoms with Gasteiger partial charge in [0, 0.05) is 23.0 Å². The minimum atomic E-state index is -0.125. The maximum absolute atomic E-state index is 13.3. The first-order valence-corrected chi connectivity index (χ1v) is 12.1. The van der Waals surface area contributed by atoms with Gasteiger partial charge in [0.2, 0.25) is 5.89 Å². The van der Waals surface area contributed by atoms with Gasteiger partial charge in [0.05, 0.1) is 25.3 Å². The number of esters is 1. The third kappa shape index (κ3) is 4.99. The predicted octanol–water partition coefficient (Wildman–Crippen LogP) is 5.05. The summed E-state index contributed by atoms with van der Waals surface area (Å²) in [5.74, 6) is 0.674. The molecule has 0 aliphatic heterocycles. The molecule has 0 unspecified atom stereocenters. The molecule has 35 heavy (non-hydrogen) atoms. The molecule has 5 rings (SSSR count). The van der Waals surface area contributed by atoms with Crippen LogP contribution >= 0.6 is 0 Å². The Morgan fingerprint density at radius 1 is 1.06 bits per heavy atom. The third-order valence-electron chi connectivity index (χ3n) is 6.87. The van der Waals surface area contributed by atoms with E-state index in [0.717, 1.165) is 47.8 Å². The third-order valence-corrected chi connectivity index (χ3v) is 6.87. The van der Waals surface area contributed by atoms with Gasteiger partial charge in [0.15, 0.2) is 0 Å². The minimum Gasteiger partial charge on any atom is -0.469 e. The van der Waals surface area contributed by atoms with E-state index in [1.54, 1.807) is 6.26 Å². The number of hydrogen-bond acceptors (Lipinski definition) is 5. The summed E-state index contributed by atoms with van der Waals surface area (Å²) in [6.07, 6.45) is 5.08. The number of fused-ring (bicyclic) bond motifs is 1. The molecule has 1 aliphatic rings. The van der Waals surface area contributed by atoms with E-state index in [9.17, 15) is 9.59 Å². The average Bonchev–Trinajstić information content (AvgIpc) is 3.53. The van der Waals surface area contributed by atoms with Gasteiger partial charge in [-0.25, -0.2) is 4.98 Å². The highest BCUT2D eigenvalue weighted by Gasteiger charge is 2.27. The Kier molecular flexibility index (Phi) is 6.66. The van der Waals surface area contributed by atoms with Gasteiger partial charge in [-0.1, -0.05) is 36.4 Å². The van der Waals surface area contributed by atoms with E-state index in [2.05, 4.69) is 10.3 Å². The average molecular weight is 472 g/mol. The number of carbonyl (C=O) groups is 2. The summed E-state index contributed by atoms with van der Waals surface area (Å²) < 4.78 is 12.6. The van der Waals surface area contributed by atoms with Crippen LogP contribution in [0.15, 0.2) is 71.3 Å². The molecular formula is C28H29N3O4. The number of amides is 1. The second-order valence-corrected chi connectivity index (χ2v) is 9.14. The van der Waals surface area contributed by atoms with Crippen molar-refractivity contribution in [3.05, 3.63) is 78.3 Å². The van der Waals surface area contributed by atoms with Gasteiger partial charge in [-0.2, -0.15) is 0 Å². The number of methoxy groups -OCH3 is 1. The number of nitrogens with zero attached hydrogens (tertiary/aromatic N) is 2. The molecule has 2 aromatic carbocycles. The molecule has 0 saturated heterocycles. The molecule has 7 heteroatoms. The molecule has 1 aliphatic carbocycles. The number of benzene rings is 2.